The highest BCUT2D eigenvalue weighted by Crippen LogP contribution is 2.14. The monoisotopic (exact) mass is 336 g/mol. The van der Waals surface area contributed by atoms with Gasteiger partial charge < -0.3 is 9.64 Å². The predicted molar refractivity (Wildman–Crippen MR) is 100 cm³/mol. The van der Waals surface area contributed by atoms with E-state index in [9.17, 15) is 4.79 Å². The summed E-state index contributed by atoms with van der Waals surface area (Å²) < 4.78 is 5.19. The third kappa shape index (κ3) is 4.94. The van der Waals surface area contributed by atoms with E-state index in [1.54, 1.807) is 13.2 Å². The molecule has 1 saturated heterocycles. The molecule has 1 aliphatic heterocycles. The van der Waals surface area contributed by atoms with Gasteiger partial charge in [0.15, 0.2) is 0 Å². The molecule has 0 saturated carbocycles. The highest BCUT2D eigenvalue weighted by molar-refractivity contribution is 5.91. The molecule has 2 aromatic rings. The van der Waals surface area contributed by atoms with E-state index in [1.807, 2.05) is 53.4 Å². The summed E-state index contributed by atoms with van der Waals surface area (Å²) in [6, 6.07) is 18.1. The van der Waals surface area contributed by atoms with Gasteiger partial charge in [0.1, 0.15) is 5.75 Å². The third-order valence-corrected chi connectivity index (χ3v) is 4.47. The first-order valence-corrected chi connectivity index (χ1v) is 8.62. The van der Waals surface area contributed by atoms with Crippen LogP contribution in [0.2, 0.25) is 0 Å². The Balaban J connectivity index is 1.47. The molecule has 25 heavy (non-hydrogen) atoms. The molecule has 0 aromatic heterocycles. The number of piperazine rings is 1. The van der Waals surface area contributed by atoms with E-state index >= 15 is 0 Å². The lowest BCUT2D eigenvalue weighted by atomic mass is 10.2. The second-order valence-electron chi connectivity index (χ2n) is 6.19. The van der Waals surface area contributed by atoms with Crippen LogP contribution in [-0.2, 0) is 11.3 Å². The van der Waals surface area contributed by atoms with Crippen LogP contribution in [0.5, 0.6) is 5.75 Å². The summed E-state index contributed by atoms with van der Waals surface area (Å²) in [4.78, 5) is 16.6. The number of amides is 1. The maximum atomic E-state index is 12.3. The minimum absolute atomic E-state index is 0.0907. The zero-order valence-corrected chi connectivity index (χ0v) is 14.6. The molecular formula is C21H24N2O2. The van der Waals surface area contributed by atoms with Crippen molar-refractivity contribution in [2.75, 3.05) is 33.3 Å². The summed E-state index contributed by atoms with van der Waals surface area (Å²) in [7, 11) is 1.68. The maximum absolute atomic E-state index is 12.3. The smallest absolute Gasteiger partial charge is 0.246 e. The van der Waals surface area contributed by atoms with Crippen molar-refractivity contribution in [3.05, 3.63) is 71.8 Å². The molecule has 4 nitrogen and oxygen atoms in total. The molecule has 1 amide bonds. The zero-order chi connectivity index (χ0) is 17.5. The lowest BCUT2D eigenvalue weighted by Crippen LogP contribution is -2.47. The third-order valence-electron chi connectivity index (χ3n) is 4.47. The summed E-state index contributed by atoms with van der Waals surface area (Å²) in [5.74, 6) is 0.970. The second kappa shape index (κ2) is 8.49. The quantitative estimate of drug-likeness (QED) is 0.787. The molecule has 2 aromatic carbocycles. The highest BCUT2D eigenvalue weighted by Gasteiger charge is 2.19. The Labute approximate surface area is 149 Å². The topological polar surface area (TPSA) is 32.8 Å². The van der Waals surface area contributed by atoms with Gasteiger partial charge in [-0.25, -0.2) is 0 Å². The molecule has 3 rings (SSSR count). The summed E-state index contributed by atoms with van der Waals surface area (Å²) in [6.45, 7) is 4.25. The fourth-order valence-electron chi connectivity index (χ4n) is 2.95. The number of carbonyl (C=O) groups is 1. The molecule has 0 bridgehead atoms. The van der Waals surface area contributed by atoms with Crippen LogP contribution in [0.25, 0.3) is 6.08 Å². The lowest BCUT2D eigenvalue weighted by Gasteiger charge is -2.34. The van der Waals surface area contributed by atoms with Crippen molar-refractivity contribution in [1.82, 2.24) is 9.80 Å². The van der Waals surface area contributed by atoms with E-state index in [-0.39, 0.29) is 5.91 Å². The molecule has 4 heteroatoms. The summed E-state index contributed by atoms with van der Waals surface area (Å²) >= 11 is 0. The van der Waals surface area contributed by atoms with Crippen LogP contribution in [0.3, 0.4) is 0 Å². The van der Waals surface area contributed by atoms with Crippen LogP contribution in [0.4, 0.5) is 0 Å². The number of benzene rings is 2. The van der Waals surface area contributed by atoms with Crippen molar-refractivity contribution >= 4 is 12.0 Å². The van der Waals surface area contributed by atoms with Gasteiger partial charge in [0.25, 0.3) is 0 Å². The number of hydrogen-bond acceptors (Lipinski definition) is 3. The van der Waals surface area contributed by atoms with E-state index in [0.717, 1.165) is 44.0 Å². The Bertz CT molecular complexity index is 702. The molecule has 130 valence electrons. The van der Waals surface area contributed by atoms with Crippen molar-refractivity contribution in [3.8, 4) is 5.75 Å². The number of rotatable bonds is 5. The number of nitrogens with zero attached hydrogens (tertiary/aromatic N) is 2. The van der Waals surface area contributed by atoms with E-state index in [2.05, 4.69) is 17.0 Å². The van der Waals surface area contributed by atoms with Gasteiger partial charge in [0.2, 0.25) is 5.91 Å². The fraction of sp³-hybridized carbons (Fsp3) is 0.286. The fourth-order valence-corrected chi connectivity index (χ4v) is 2.95. The summed E-state index contributed by atoms with van der Waals surface area (Å²) in [5.41, 5.74) is 2.32. The normalized spacial score (nSPS) is 15.5. The zero-order valence-electron chi connectivity index (χ0n) is 14.6. The molecule has 0 N–H and O–H groups in total. The average Bonchev–Trinajstić information content (AvgIpc) is 2.68. The average molecular weight is 336 g/mol. The Morgan fingerprint density at radius 2 is 1.68 bits per heavy atom. The van der Waals surface area contributed by atoms with Crippen LogP contribution >= 0.6 is 0 Å². The van der Waals surface area contributed by atoms with Crippen molar-refractivity contribution in [1.29, 1.82) is 0 Å². The molecule has 0 spiro atoms. The van der Waals surface area contributed by atoms with Crippen LogP contribution in [0.15, 0.2) is 60.7 Å². The van der Waals surface area contributed by atoms with Crippen molar-refractivity contribution in [2.24, 2.45) is 0 Å². The Morgan fingerprint density at radius 1 is 1.00 bits per heavy atom. The summed E-state index contributed by atoms with van der Waals surface area (Å²) in [6.07, 6.45) is 3.56. The molecule has 1 heterocycles. The Kier molecular flexibility index (Phi) is 5.86. The SMILES string of the molecule is COc1ccc(CN2CCN(C(=O)C=Cc3ccccc3)CC2)cc1. The molecule has 0 aliphatic carbocycles. The van der Waals surface area contributed by atoms with Crippen LogP contribution in [0.1, 0.15) is 11.1 Å². The molecular weight excluding hydrogens is 312 g/mol. The number of hydrogen-bond donors (Lipinski definition) is 0. The van der Waals surface area contributed by atoms with Crippen LogP contribution in [-0.4, -0.2) is 49.0 Å². The van der Waals surface area contributed by atoms with Gasteiger partial charge in [-0.05, 0) is 29.3 Å². The van der Waals surface area contributed by atoms with Crippen molar-refractivity contribution in [2.45, 2.75) is 6.54 Å². The van der Waals surface area contributed by atoms with E-state index in [1.165, 1.54) is 5.56 Å². The van der Waals surface area contributed by atoms with Crippen LogP contribution in [0, 0.1) is 0 Å². The molecule has 0 atom stereocenters. The van der Waals surface area contributed by atoms with Gasteiger partial charge in [-0.1, -0.05) is 42.5 Å². The minimum atomic E-state index is 0.0907. The van der Waals surface area contributed by atoms with Gasteiger partial charge >= 0.3 is 0 Å². The van der Waals surface area contributed by atoms with Gasteiger partial charge in [-0.15, -0.1) is 0 Å². The van der Waals surface area contributed by atoms with E-state index in [0.29, 0.717) is 0 Å². The first kappa shape index (κ1) is 17.2. The maximum Gasteiger partial charge on any atom is 0.246 e. The minimum Gasteiger partial charge on any atom is -0.497 e. The largest absolute Gasteiger partial charge is 0.497 e. The molecule has 1 aliphatic rings. The van der Waals surface area contributed by atoms with Gasteiger partial charge in [0.05, 0.1) is 7.11 Å². The van der Waals surface area contributed by atoms with Gasteiger partial charge in [-0.3, -0.25) is 9.69 Å². The number of carbonyl (C=O) groups excluding carboxylic acids is 1. The first-order valence-electron chi connectivity index (χ1n) is 8.62. The first-order chi connectivity index (χ1) is 12.2. The standard InChI is InChI=1S/C21H24N2O2/c1-25-20-10-7-19(8-11-20)17-22-13-15-23(16-14-22)21(24)12-9-18-5-3-2-4-6-18/h2-12H,13-17H2,1H3. The number of ether oxygens (including phenoxy) is 1. The predicted octanol–water partition coefficient (Wildman–Crippen LogP) is 3.05. The van der Waals surface area contributed by atoms with E-state index < -0.39 is 0 Å². The number of methoxy groups -OCH3 is 1. The van der Waals surface area contributed by atoms with Gasteiger partial charge in [-0.2, -0.15) is 0 Å². The molecule has 0 radical (unpaired) electrons. The molecule has 0 unspecified atom stereocenters. The van der Waals surface area contributed by atoms with Gasteiger partial charge in [0, 0.05) is 38.8 Å². The van der Waals surface area contributed by atoms with Crippen molar-refractivity contribution in [3.63, 3.8) is 0 Å². The summed E-state index contributed by atoms with van der Waals surface area (Å²) in [5, 5.41) is 0. The van der Waals surface area contributed by atoms with E-state index in [4.69, 9.17) is 4.74 Å². The Morgan fingerprint density at radius 3 is 2.32 bits per heavy atom. The Hall–Kier alpha value is -2.59. The molecule has 1 fully saturated rings. The van der Waals surface area contributed by atoms with Crippen molar-refractivity contribution < 1.29 is 9.53 Å². The highest BCUT2D eigenvalue weighted by atomic mass is 16.5. The lowest BCUT2D eigenvalue weighted by molar-refractivity contribution is -0.127. The van der Waals surface area contributed by atoms with Crippen LogP contribution < -0.4 is 4.74 Å². The second-order valence-corrected chi connectivity index (χ2v) is 6.19.